The number of pyridine rings is 1. The van der Waals surface area contributed by atoms with Gasteiger partial charge in [0, 0.05) is 41.8 Å². The summed E-state index contributed by atoms with van der Waals surface area (Å²) in [6, 6.07) is 9.77. The largest absolute Gasteiger partial charge is 0.335 e. The third-order valence-electron chi connectivity index (χ3n) is 6.09. The summed E-state index contributed by atoms with van der Waals surface area (Å²) in [4.78, 5) is 34.1. The molecule has 1 N–H and O–H groups in total. The number of benzene rings is 1. The van der Waals surface area contributed by atoms with Crippen molar-refractivity contribution in [2.75, 3.05) is 18.0 Å². The van der Waals surface area contributed by atoms with Crippen molar-refractivity contribution >= 4 is 44.5 Å². The van der Waals surface area contributed by atoms with Crippen LogP contribution in [-0.2, 0) is 9.59 Å². The van der Waals surface area contributed by atoms with E-state index < -0.39 is 0 Å². The average molecular weight is 468 g/mol. The highest BCUT2D eigenvalue weighted by atomic mass is 79.9. The van der Waals surface area contributed by atoms with Crippen LogP contribution in [0.2, 0.25) is 0 Å². The number of rotatable bonds is 3. The van der Waals surface area contributed by atoms with Crippen LogP contribution < -0.4 is 4.90 Å². The second kappa shape index (κ2) is 7.83. The van der Waals surface area contributed by atoms with Gasteiger partial charge in [0.1, 0.15) is 0 Å². The maximum atomic E-state index is 13.4. The van der Waals surface area contributed by atoms with Crippen LogP contribution in [0.25, 0.3) is 10.9 Å². The second-order valence-corrected chi connectivity index (χ2v) is 8.89. The number of aromatic amines is 1. The highest BCUT2D eigenvalue weighted by Gasteiger charge is 2.41. The van der Waals surface area contributed by atoms with Gasteiger partial charge in [0.15, 0.2) is 5.82 Å². The van der Waals surface area contributed by atoms with Crippen LogP contribution in [-0.4, -0.2) is 45.0 Å². The number of amides is 2. The summed E-state index contributed by atoms with van der Waals surface area (Å²) in [5.74, 6) is 0.249. The summed E-state index contributed by atoms with van der Waals surface area (Å²) in [7, 11) is 0. The first-order chi connectivity index (χ1) is 14.6. The van der Waals surface area contributed by atoms with Gasteiger partial charge in [0.05, 0.1) is 17.5 Å². The molecule has 0 saturated carbocycles. The number of halogens is 1. The van der Waals surface area contributed by atoms with Gasteiger partial charge in [-0.2, -0.15) is 5.10 Å². The van der Waals surface area contributed by atoms with Crippen molar-refractivity contribution in [1.82, 2.24) is 20.1 Å². The van der Waals surface area contributed by atoms with Gasteiger partial charge in [-0.05, 0) is 49.1 Å². The van der Waals surface area contributed by atoms with Gasteiger partial charge < -0.3 is 4.90 Å². The maximum Gasteiger partial charge on any atom is 0.229 e. The molecule has 2 amide bonds. The zero-order chi connectivity index (χ0) is 20.7. The van der Waals surface area contributed by atoms with E-state index in [2.05, 4.69) is 31.1 Å². The predicted molar refractivity (Wildman–Crippen MR) is 117 cm³/mol. The Bertz CT molecular complexity index is 1100. The number of likely N-dealkylation sites (tertiary alicyclic amines) is 1. The van der Waals surface area contributed by atoms with E-state index in [1.54, 1.807) is 11.1 Å². The molecule has 0 bridgehead atoms. The molecule has 30 heavy (non-hydrogen) atoms. The normalized spacial score (nSPS) is 22.1. The lowest BCUT2D eigenvalue weighted by Gasteiger charge is -2.37. The molecule has 2 aromatic heterocycles. The Hall–Kier alpha value is -2.74. The van der Waals surface area contributed by atoms with Crippen LogP contribution in [0.15, 0.2) is 47.2 Å². The van der Waals surface area contributed by atoms with Crippen molar-refractivity contribution in [1.29, 1.82) is 0 Å². The number of H-pyrrole nitrogens is 1. The monoisotopic (exact) mass is 467 g/mol. The lowest BCUT2D eigenvalue weighted by molar-refractivity contribution is -0.139. The minimum atomic E-state index is -0.350. The summed E-state index contributed by atoms with van der Waals surface area (Å²) in [6.45, 7) is 1.09. The Kier molecular flexibility index (Phi) is 5.02. The first-order valence-corrected chi connectivity index (χ1v) is 11.1. The van der Waals surface area contributed by atoms with Crippen molar-refractivity contribution in [3.63, 3.8) is 0 Å². The standard InChI is InChI=1S/C22H22BrN5O2/c23-16-6-7-17-18(11-16)25-26-21(17)28-13-15(10-20(28)29)22(30)27-9-2-1-5-19(27)14-4-3-8-24-12-14/h3-4,6-8,11-12,15,19H,1-2,5,9-10,13H2,(H,25,26)/t15-,19-/m0/s1. The van der Waals surface area contributed by atoms with Gasteiger partial charge in [-0.15, -0.1) is 0 Å². The third-order valence-corrected chi connectivity index (χ3v) is 6.58. The van der Waals surface area contributed by atoms with E-state index in [0.29, 0.717) is 12.4 Å². The van der Waals surface area contributed by atoms with Gasteiger partial charge in [-0.1, -0.05) is 22.0 Å². The van der Waals surface area contributed by atoms with E-state index in [9.17, 15) is 9.59 Å². The second-order valence-electron chi connectivity index (χ2n) is 7.97. The Labute approximate surface area is 182 Å². The molecule has 7 nitrogen and oxygen atoms in total. The average Bonchev–Trinajstić information content (AvgIpc) is 3.36. The first-order valence-electron chi connectivity index (χ1n) is 10.3. The van der Waals surface area contributed by atoms with Crippen LogP contribution in [0.3, 0.4) is 0 Å². The molecule has 0 unspecified atom stereocenters. The molecule has 3 aromatic rings. The summed E-state index contributed by atoms with van der Waals surface area (Å²) >= 11 is 3.45. The van der Waals surface area contributed by atoms with E-state index in [-0.39, 0.29) is 30.2 Å². The fraction of sp³-hybridized carbons (Fsp3) is 0.364. The smallest absolute Gasteiger partial charge is 0.229 e. The number of piperidine rings is 1. The Morgan fingerprint density at radius 2 is 2.13 bits per heavy atom. The Morgan fingerprint density at radius 1 is 1.23 bits per heavy atom. The molecule has 5 rings (SSSR count). The summed E-state index contributed by atoms with van der Waals surface area (Å²) < 4.78 is 0.942. The molecular formula is C22H22BrN5O2. The van der Waals surface area contributed by atoms with Gasteiger partial charge in [0.2, 0.25) is 11.8 Å². The van der Waals surface area contributed by atoms with E-state index in [1.807, 2.05) is 41.4 Å². The van der Waals surface area contributed by atoms with Crippen LogP contribution in [0.5, 0.6) is 0 Å². The molecule has 0 spiro atoms. The topological polar surface area (TPSA) is 82.2 Å². The summed E-state index contributed by atoms with van der Waals surface area (Å²) in [5.41, 5.74) is 1.92. The quantitative estimate of drug-likeness (QED) is 0.634. The van der Waals surface area contributed by atoms with Crippen molar-refractivity contribution in [3.05, 3.63) is 52.8 Å². The molecule has 4 heterocycles. The van der Waals surface area contributed by atoms with Crippen molar-refractivity contribution in [2.24, 2.45) is 5.92 Å². The lowest BCUT2D eigenvalue weighted by atomic mass is 9.94. The van der Waals surface area contributed by atoms with E-state index >= 15 is 0 Å². The number of hydrogen-bond donors (Lipinski definition) is 1. The Morgan fingerprint density at radius 3 is 2.97 bits per heavy atom. The van der Waals surface area contributed by atoms with Gasteiger partial charge >= 0.3 is 0 Å². The highest BCUT2D eigenvalue weighted by molar-refractivity contribution is 9.10. The molecule has 0 radical (unpaired) electrons. The Balaban J connectivity index is 1.38. The van der Waals surface area contributed by atoms with Gasteiger partial charge in [-0.25, -0.2) is 0 Å². The fourth-order valence-corrected chi connectivity index (χ4v) is 4.97. The van der Waals surface area contributed by atoms with Crippen molar-refractivity contribution in [2.45, 2.75) is 31.7 Å². The zero-order valence-corrected chi connectivity index (χ0v) is 18.0. The molecule has 2 aliphatic heterocycles. The number of aromatic nitrogens is 3. The molecular weight excluding hydrogens is 446 g/mol. The third kappa shape index (κ3) is 3.39. The van der Waals surface area contributed by atoms with Crippen LogP contribution >= 0.6 is 15.9 Å². The number of carbonyl (C=O) groups is 2. The number of nitrogens with one attached hydrogen (secondary N) is 1. The fourth-order valence-electron chi connectivity index (χ4n) is 4.61. The van der Waals surface area contributed by atoms with E-state index in [1.165, 1.54) is 0 Å². The van der Waals surface area contributed by atoms with Crippen LogP contribution in [0.1, 0.15) is 37.3 Å². The number of anilines is 1. The molecule has 2 atom stereocenters. The van der Waals surface area contributed by atoms with Crippen molar-refractivity contribution in [3.8, 4) is 0 Å². The predicted octanol–water partition coefficient (Wildman–Crippen LogP) is 3.83. The SMILES string of the molecule is O=C1C[C@H](C(=O)N2CCCC[C@H]2c2cccnc2)CN1c1n[nH]c2cc(Br)ccc12. The zero-order valence-electron chi connectivity index (χ0n) is 16.4. The number of carbonyl (C=O) groups excluding carboxylic acids is 2. The minimum absolute atomic E-state index is 0.0349. The molecule has 2 fully saturated rings. The minimum Gasteiger partial charge on any atom is -0.335 e. The number of hydrogen-bond acceptors (Lipinski definition) is 4. The van der Waals surface area contributed by atoms with Crippen LogP contribution in [0, 0.1) is 5.92 Å². The molecule has 8 heteroatoms. The highest BCUT2D eigenvalue weighted by Crippen LogP contribution is 2.35. The number of fused-ring (bicyclic) bond motifs is 1. The lowest BCUT2D eigenvalue weighted by Crippen LogP contribution is -2.42. The number of nitrogens with zero attached hydrogens (tertiary/aromatic N) is 4. The van der Waals surface area contributed by atoms with Gasteiger partial charge in [-0.3, -0.25) is 24.6 Å². The van der Waals surface area contributed by atoms with E-state index in [0.717, 1.165) is 46.7 Å². The molecule has 2 saturated heterocycles. The van der Waals surface area contributed by atoms with Gasteiger partial charge in [0.25, 0.3) is 0 Å². The first kappa shape index (κ1) is 19.2. The molecule has 154 valence electrons. The molecule has 2 aliphatic rings. The molecule has 0 aliphatic carbocycles. The van der Waals surface area contributed by atoms with E-state index in [4.69, 9.17) is 0 Å². The molecule has 1 aromatic carbocycles. The summed E-state index contributed by atoms with van der Waals surface area (Å²) in [5, 5.41) is 8.23. The van der Waals surface area contributed by atoms with Crippen LogP contribution in [0.4, 0.5) is 5.82 Å². The maximum absolute atomic E-state index is 13.4. The van der Waals surface area contributed by atoms with Crippen molar-refractivity contribution < 1.29 is 9.59 Å². The summed E-state index contributed by atoms with van der Waals surface area (Å²) in [6.07, 6.45) is 6.83.